The standard InChI is InChI=1S/C21H23ClN6O4/c1-11-14-6-12(7-15(14)25-20(22)24-11)8-23-5-4-13-9-28(21(30)32-13)17-3-2-16-19(26-17)27-18(29)10-31-16/h2-3,12-13,23H,4-10H2,1H3,(H,26,27,29). The van der Waals surface area contributed by atoms with Gasteiger partial charge in [-0.15, -0.1) is 0 Å². The highest BCUT2D eigenvalue weighted by molar-refractivity contribution is 6.28. The molecule has 0 aromatic carbocycles. The average Bonchev–Trinajstić information content (AvgIpc) is 3.33. The van der Waals surface area contributed by atoms with Crippen LogP contribution in [-0.2, 0) is 22.4 Å². The zero-order valence-corrected chi connectivity index (χ0v) is 18.3. The first-order chi connectivity index (χ1) is 15.5. The monoisotopic (exact) mass is 458 g/mol. The van der Waals surface area contributed by atoms with Gasteiger partial charge >= 0.3 is 6.09 Å². The molecule has 2 aromatic heterocycles. The van der Waals surface area contributed by atoms with Crippen molar-refractivity contribution in [1.29, 1.82) is 0 Å². The van der Waals surface area contributed by atoms with Crippen molar-refractivity contribution in [3.63, 3.8) is 0 Å². The van der Waals surface area contributed by atoms with E-state index in [-0.39, 0.29) is 18.6 Å². The molecule has 2 atom stereocenters. The fourth-order valence-corrected chi connectivity index (χ4v) is 4.59. The van der Waals surface area contributed by atoms with Gasteiger partial charge in [-0.2, -0.15) is 0 Å². The van der Waals surface area contributed by atoms with E-state index in [0.717, 1.165) is 37.3 Å². The SMILES string of the molecule is Cc1nc(Cl)nc2c1CC(CNCCC1CN(c3ccc4c(n3)NC(=O)CO4)C(=O)O1)C2. The maximum atomic E-state index is 12.3. The molecule has 0 spiro atoms. The van der Waals surface area contributed by atoms with Crippen molar-refractivity contribution >= 4 is 35.2 Å². The molecule has 5 rings (SSSR count). The first-order valence-electron chi connectivity index (χ1n) is 10.6. The summed E-state index contributed by atoms with van der Waals surface area (Å²) in [6, 6.07) is 3.38. The highest BCUT2D eigenvalue weighted by Crippen LogP contribution is 2.30. The Morgan fingerprint density at radius 2 is 2.12 bits per heavy atom. The third kappa shape index (κ3) is 4.20. The summed E-state index contributed by atoms with van der Waals surface area (Å²) < 4.78 is 10.8. The number of hydrogen-bond donors (Lipinski definition) is 2. The predicted molar refractivity (Wildman–Crippen MR) is 116 cm³/mol. The molecule has 10 nitrogen and oxygen atoms in total. The van der Waals surface area contributed by atoms with Crippen LogP contribution >= 0.6 is 11.6 Å². The van der Waals surface area contributed by atoms with Gasteiger partial charge in [0.1, 0.15) is 11.9 Å². The van der Waals surface area contributed by atoms with Crippen molar-refractivity contribution < 1.29 is 19.1 Å². The van der Waals surface area contributed by atoms with Crippen molar-refractivity contribution in [3.8, 4) is 5.75 Å². The van der Waals surface area contributed by atoms with Gasteiger partial charge in [-0.05, 0) is 74.5 Å². The lowest BCUT2D eigenvalue weighted by Crippen LogP contribution is -2.30. The Morgan fingerprint density at radius 3 is 3.00 bits per heavy atom. The minimum absolute atomic E-state index is 0.0391. The van der Waals surface area contributed by atoms with Gasteiger partial charge in [-0.3, -0.25) is 9.69 Å². The van der Waals surface area contributed by atoms with Crippen molar-refractivity contribution in [2.24, 2.45) is 5.92 Å². The van der Waals surface area contributed by atoms with Crippen LogP contribution in [0.4, 0.5) is 16.4 Å². The summed E-state index contributed by atoms with van der Waals surface area (Å²) in [5, 5.41) is 6.43. The molecule has 32 heavy (non-hydrogen) atoms. The molecular formula is C21H23ClN6O4. The topological polar surface area (TPSA) is 119 Å². The van der Waals surface area contributed by atoms with Crippen LogP contribution in [0.5, 0.6) is 5.75 Å². The van der Waals surface area contributed by atoms with Crippen LogP contribution in [0.1, 0.15) is 23.4 Å². The van der Waals surface area contributed by atoms with Crippen LogP contribution in [0.25, 0.3) is 0 Å². The average molecular weight is 459 g/mol. The quantitative estimate of drug-likeness (QED) is 0.497. The molecule has 4 heterocycles. The Labute approximate surface area is 189 Å². The fraction of sp³-hybridized carbons (Fsp3) is 0.476. The van der Waals surface area contributed by atoms with E-state index in [1.54, 1.807) is 12.1 Å². The van der Waals surface area contributed by atoms with E-state index in [0.29, 0.717) is 41.6 Å². The molecule has 2 N–H and O–H groups in total. The number of carbonyl (C=O) groups is 2. The van der Waals surface area contributed by atoms with Gasteiger partial charge in [-0.25, -0.2) is 19.7 Å². The Hall–Kier alpha value is -2.98. The molecule has 0 radical (unpaired) electrons. The highest BCUT2D eigenvalue weighted by Gasteiger charge is 2.34. The largest absolute Gasteiger partial charge is 0.480 e. The summed E-state index contributed by atoms with van der Waals surface area (Å²) in [7, 11) is 0. The first-order valence-corrected chi connectivity index (χ1v) is 11.0. The number of halogens is 1. The number of rotatable bonds is 6. The first kappa shape index (κ1) is 20.9. The number of carbonyl (C=O) groups excluding carboxylic acids is 2. The number of nitrogens with zero attached hydrogens (tertiary/aromatic N) is 4. The summed E-state index contributed by atoms with van der Waals surface area (Å²) in [6.45, 7) is 3.92. The number of hydrogen-bond acceptors (Lipinski definition) is 8. The van der Waals surface area contributed by atoms with Crippen LogP contribution in [0.2, 0.25) is 5.28 Å². The Morgan fingerprint density at radius 1 is 1.25 bits per heavy atom. The molecular weight excluding hydrogens is 436 g/mol. The molecule has 0 bridgehead atoms. The number of ether oxygens (including phenoxy) is 2. The van der Waals surface area contributed by atoms with Crippen molar-refractivity contribution in [3.05, 3.63) is 34.4 Å². The lowest BCUT2D eigenvalue weighted by atomic mass is 10.1. The second kappa shape index (κ2) is 8.51. The number of cyclic esters (lactones) is 1. The summed E-state index contributed by atoms with van der Waals surface area (Å²) in [4.78, 5) is 38.3. The van der Waals surface area contributed by atoms with E-state index >= 15 is 0 Å². The number of anilines is 2. The number of aromatic nitrogens is 3. The van der Waals surface area contributed by atoms with E-state index in [9.17, 15) is 9.59 Å². The number of amides is 2. The maximum Gasteiger partial charge on any atom is 0.415 e. The summed E-state index contributed by atoms with van der Waals surface area (Å²) >= 11 is 5.97. The molecule has 2 amide bonds. The van der Waals surface area contributed by atoms with Gasteiger partial charge in [0.15, 0.2) is 18.2 Å². The Bertz CT molecular complexity index is 1080. The second-order valence-electron chi connectivity index (χ2n) is 8.24. The lowest BCUT2D eigenvalue weighted by Gasteiger charge is -2.19. The van der Waals surface area contributed by atoms with Crippen LogP contribution in [-0.4, -0.2) is 59.3 Å². The van der Waals surface area contributed by atoms with E-state index in [4.69, 9.17) is 21.1 Å². The Balaban J connectivity index is 1.10. The third-order valence-electron chi connectivity index (χ3n) is 5.93. The molecule has 168 valence electrons. The second-order valence-corrected chi connectivity index (χ2v) is 8.58. The normalized spacial score (nSPS) is 21.6. The number of nitrogens with one attached hydrogen (secondary N) is 2. The van der Waals surface area contributed by atoms with Crippen LogP contribution in [0, 0.1) is 12.8 Å². The highest BCUT2D eigenvalue weighted by atomic mass is 35.5. The molecule has 1 saturated heterocycles. The van der Waals surface area contributed by atoms with Gasteiger partial charge in [0.2, 0.25) is 5.28 Å². The zero-order valence-electron chi connectivity index (χ0n) is 17.6. The Kier molecular flexibility index (Phi) is 5.56. The smallest absolute Gasteiger partial charge is 0.415 e. The third-order valence-corrected chi connectivity index (χ3v) is 6.10. The van der Waals surface area contributed by atoms with Gasteiger partial charge in [0, 0.05) is 11.4 Å². The van der Waals surface area contributed by atoms with E-state index in [1.165, 1.54) is 10.5 Å². The van der Waals surface area contributed by atoms with Gasteiger partial charge < -0.3 is 20.1 Å². The minimum atomic E-state index is -0.442. The number of pyridine rings is 1. The maximum absolute atomic E-state index is 12.3. The lowest BCUT2D eigenvalue weighted by molar-refractivity contribution is -0.118. The molecule has 0 saturated carbocycles. The van der Waals surface area contributed by atoms with Crippen molar-refractivity contribution in [2.75, 3.05) is 36.5 Å². The molecule has 2 unspecified atom stereocenters. The van der Waals surface area contributed by atoms with Gasteiger partial charge in [-0.1, -0.05) is 0 Å². The minimum Gasteiger partial charge on any atom is -0.480 e. The van der Waals surface area contributed by atoms with Crippen molar-refractivity contribution in [2.45, 2.75) is 32.3 Å². The van der Waals surface area contributed by atoms with Crippen LogP contribution < -0.4 is 20.3 Å². The van der Waals surface area contributed by atoms with Crippen LogP contribution in [0.15, 0.2) is 12.1 Å². The summed E-state index contributed by atoms with van der Waals surface area (Å²) in [6.07, 6.45) is 1.86. The number of aryl methyl sites for hydroxylation is 1. The molecule has 11 heteroatoms. The molecule has 3 aliphatic rings. The van der Waals surface area contributed by atoms with E-state index < -0.39 is 6.09 Å². The van der Waals surface area contributed by atoms with Crippen molar-refractivity contribution in [1.82, 2.24) is 20.3 Å². The zero-order chi connectivity index (χ0) is 22.2. The fourth-order valence-electron chi connectivity index (χ4n) is 4.36. The predicted octanol–water partition coefficient (Wildman–Crippen LogP) is 1.88. The molecule has 1 aliphatic carbocycles. The summed E-state index contributed by atoms with van der Waals surface area (Å²) in [5.74, 6) is 1.41. The summed E-state index contributed by atoms with van der Waals surface area (Å²) in [5.41, 5.74) is 3.22. The molecule has 2 aliphatic heterocycles. The number of fused-ring (bicyclic) bond motifs is 2. The molecule has 1 fully saturated rings. The molecule has 2 aromatic rings. The van der Waals surface area contributed by atoms with Gasteiger partial charge in [0.05, 0.1) is 6.54 Å². The van der Waals surface area contributed by atoms with E-state index in [2.05, 4.69) is 25.6 Å². The van der Waals surface area contributed by atoms with Gasteiger partial charge in [0.25, 0.3) is 5.91 Å². The van der Waals surface area contributed by atoms with E-state index in [1.807, 2.05) is 6.92 Å². The van der Waals surface area contributed by atoms with Crippen LogP contribution in [0.3, 0.4) is 0 Å².